The number of nitrogens with one attached hydrogen (secondary N) is 1. The molecule has 0 fully saturated rings. The Labute approximate surface area is 147 Å². The predicted molar refractivity (Wildman–Crippen MR) is 97.2 cm³/mol. The number of hydrogen-bond acceptors (Lipinski definition) is 3. The van der Waals surface area contributed by atoms with Crippen molar-refractivity contribution in [2.45, 2.75) is 6.92 Å². The first-order chi connectivity index (χ1) is 11.3. The third-order valence-corrected chi connectivity index (χ3v) is 5.13. The highest BCUT2D eigenvalue weighted by atomic mass is 35.5. The maximum atomic E-state index is 12.1. The van der Waals surface area contributed by atoms with Crippen LogP contribution in [-0.2, 0) is 10.0 Å². The average molecular weight is 367 g/mol. The fourth-order valence-corrected chi connectivity index (χ4v) is 3.44. The van der Waals surface area contributed by atoms with Crippen molar-refractivity contribution >= 4 is 33.2 Å². The Morgan fingerprint density at radius 3 is 2.42 bits per heavy atom. The van der Waals surface area contributed by atoms with Crippen molar-refractivity contribution in [2.75, 3.05) is 23.7 Å². The Balaban J connectivity index is 2.11. The summed E-state index contributed by atoms with van der Waals surface area (Å²) >= 11 is 6.08. The largest absolute Gasteiger partial charge is 0.350 e. The molecule has 0 atom stereocenters. The van der Waals surface area contributed by atoms with Gasteiger partial charge < -0.3 is 5.32 Å². The minimum atomic E-state index is -3.50. The number of rotatable bonds is 6. The number of sulfonamides is 1. The van der Waals surface area contributed by atoms with Gasteiger partial charge in [0.2, 0.25) is 10.0 Å². The van der Waals surface area contributed by atoms with E-state index in [9.17, 15) is 13.2 Å². The highest BCUT2D eigenvalue weighted by Gasteiger charge is 2.20. The van der Waals surface area contributed by atoms with Crippen LogP contribution in [0.5, 0.6) is 0 Å². The molecule has 0 heterocycles. The fraction of sp³-hybridized carbons (Fsp3) is 0.235. The monoisotopic (exact) mass is 366 g/mol. The molecule has 5 nitrogen and oxygen atoms in total. The zero-order valence-electron chi connectivity index (χ0n) is 13.5. The lowest BCUT2D eigenvalue weighted by atomic mass is 10.2. The van der Waals surface area contributed by atoms with Crippen LogP contribution in [0.2, 0.25) is 5.02 Å². The van der Waals surface area contributed by atoms with E-state index in [-0.39, 0.29) is 19.0 Å². The fourth-order valence-electron chi connectivity index (χ4n) is 2.29. The van der Waals surface area contributed by atoms with Gasteiger partial charge in [-0.25, -0.2) is 8.42 Å². The second kappa shape index (κ2) is 7.68. The SMILES string of the molecule is Cc1c(Cl)cccc1N(CCNC(=O)c1ccccc1)S(C)(=O)=O. The number of hydrogen-bond donors (Lipinski definition) is 1. The van der Waals surface area contributed by atoms with Crippen molar-refractivity contribution in [3.05, 3.63) is 64.7 Å². The second-order valence-corrected chi connectivity index (χ2v) is 7.66. The number of amides is 1. The minimum absolute atomic E-state index is 0.124. The molecule has 0 aliphatic heterocycles. The summed E-state index contributed by atoms with van der Waals surface area (Å²) in [7, 11) is -3.50. The molecule has 0 aliphatic rings. The van der Waals surface area contributed by atoms with Crippen LogP contribution < -0.4 is 9.62 Å². The summed E-state index contributed by atoms with van der Waals surface area (Å²) in [5.41, 5.74) is 1.72. The molecule has 0 bridgehead atoms. The predicted octanol–water partition coefficient (Wildman–Crippen LogP) is 2.84. The van der Waals surface area contributed by atoms with Crippen LogP contribution in [0.25, 0.3) is 0 Å². The highest BCUT2D eigenvalue weighted by Crippen LogP contribution is 2.27. The molecule has 0 spiro atoms. The van der Waals surface area contributed by atoms with Crippen LogP contribution in [0.1, 0.15) is 15.9 Å². The topological polar surface area (TPSA) is 66.5 Å². The van der Waals surface area contributed by atoms with Gasteiger partial charge in [-0.15, -0.1) is 0 Å². The highest BCUT2D eigenvalue weighted by molar-refractivity contribution is 7.92. The Morgan fingerprint density at radius 2 is 1.79 bits per heavy atom. The van der Waals surface area contributed by atoms with Gasteiger partial charge in [0.15, 0.2) is 0 Å². The third kappa shape index (κ3) is 4.49. The second-order valence-electron chi connectivity index (χ2n) is 5.34. The van der Waals surface area contributed by atoms with Crippen LogP contribution >= 0.6 is 11.6 Å². The van der Waals surface area contributed by atoms with E-state index in [1.165, 1.54) is 4.31 Å². The molecule has 0 radical (unpaired) electrons. The van der Waals surface area contributed by atoms with Crippen LogP contribution in [0, 0.1) is 6.92 Å². The zero-order valence-corrected chi connectivity index (χ0v) is 15.1. The Kier molecular flexibility index (Phi) is 5.85. The zero-order chi connectivity index (χ0) is 17.7. The van der Waals surface area contributed by atoms with Gasteiger partial charge in [-0.1, -0.05) is 35.9 Å². The molecule has 128 valence electrons. The van der Waals surface area contributed by atoms with E-state index in [0.29, 0.717) is 21.8 Å². The van der Waals surface area contributed by atoms with Gasteiger partial charge in [0.1, 0.15) is 0 Å². The van der Waals surface area contributed by atoms with Crippen LogP contribution in [-0.4, -0.2) is 33.7 Å². The summed E-state index contributed by atoms with van der Waals surface area (Å²) in [6, 6.07) is 13.9. The summed E-state index contributed by atoms with van der Waals surface area (Å²) in [6.45, 7) is 2.07. The average Bonchev–Trinajstić information content (AvgIpc) is 2.54. The van der Waals surface area contributed by atoms with Gasteiger partial charge in [0, 0.05) is 17.1 Å². The molecule has 2 aromatic rings. The molecule has 0 unspecified atom stereocenters. The van der Waals surface area contributed by atoms with Crippen LogP contribution in [0.3, 0.4) is 0 Å². The lowest BCUT2D eigenvalue weighted by Gasteiger charge is -2.24. The van der Waals surface area contributed by atoms with Gasteiger partial charge in [0.05, 0.1) is 18.5 Å². The van der Waals surface area contributed by atoms with Gasteiger partial charge in [-0.05, 0) is 36.8 Å². The lowest BCUT2D eigenvalue weighted by molar-refractivity contribution is 0.0955. The van der Waals surface area contributed by atoms with E-state index in [4.69, 9.17) is 11.6 Å². The molecule has 1 amide bonds. The van der Waals surface area contributed by atoms with E-state index in [0.717, 1.165) is 6.26 Å². The van der Waals surface area contributed by atoms with E-state index in [2.05, 4.69) is 5.32 Å². The van der Waals surface area contributed by atoms with Crippen molar-refractivity contribution in [3.63, 3.8) is 0 Å². The first-order valence-electron chi connectivity index (χ1n) is 7.37. The number of benzene rings is 2. The molecule has 0 aliphatic carbocycles. The Bertz CT molecular complexity index is 823. The molecule has 7 heteroatoms. The van der Waals surface area contributed by atoms with Crippen molar-refractivity contribution in [1.82, 2.24) is 5.32 Å². The Morgan fingerprint density at radius 1 is 1.12 bits per heavy atom. The molecule has 2 aromatic carbocycles. The summed E-state index contributed by atoms with van der Waals surface area (Å²) in [5, 5.41) is 3.22. The number of halogens is 1. The number of carbonyl (C=O) groups is 1. The van der Waals surface area contributed by atoms with Gasteiger partial charge in [-0.2, -0.15) is 0 Å². The standard InChI is InChI=1S/C17H19ClN2O3S/c1-13-15(18)9-6-10-16(13)20(24(2,22)23)12-11-19-17(21)14-7-4-3-5-8-14/h3-10H,11-12H2,1-2H3,(H,19,21). The minimum Gasteiger partial charge on any atom is -0.350 e. The molecule has 2 rings (SSSR count). The van der Waals surface area contributed by atoms with E-state index in [1.54, 1.807) is 49.4 Å². The third-order valence-electron chi connectivity index (χ3n) is 3.54. The Hall–Kier alpha value is -2.05. The van der Waals surface area contributed by atoms with Crippen LogP contribution in [0.15, 0.2) is 48.5 Å². The van der Waals surface area contributed by atoms with Gasteiger partial charge in [-0.3, -0.25) is 9.10 Å². The number of anilines is 1. The maximum absolute atomic E-state index is 12.1. The van der Waals surface area contributed by atoms with E-state index in [1.807, 2.05) is 6.07 Å². The summed E-state index contributed by atoms with van der Waals surface area (Å²) < 4.78 is 25.5. The van der Waals surface area contributed by atoms with Crippen molar-refractivity contribution in [3.8, 4) is 0 Å². The molecule has 0 aromatic heterocycles. The molecular weight excluding hydrogens is 348 g/mol. The smallest absolute Gasteiger partial charge is 0.251 e. The summed E-state index contributed by atoms with van der Waals surface area (Å²) in [6.07, 6.45) is 1.13. The number of nitrogens with zero attached hydrogens (tertiary/aromatic N) is 1. The van der Waals surface area contributed by atoms with Crippen molar-refractivity contribution < 1.29 is 13.2 Å². The first-order valence-corrected chi connectivity index (χ1v) is 9.59. The van der Waals surface area contributed by atoms with E-state index < -0.39 is 10.0 Å². The quantitative estimate of drug-likeness (QED) is 0.854. The molecule has 0 saturated heterocycles. The van der Waals surface area contributed by atoms with Crippen molar-refractivity contribution in [2.24, 2.45) is 0 Å². The summed E-state index contributed by atoms with van der Waals surface area (Å²) in [5.74, 6) is -0.244. The van der Waals surface area contributed by atoms with Crippen LogP contribution in [0.4, 0.5) is 5.69 Å². The van der Waals surface area contributed by atoms with E-state index >= 15 is 0 Å². The molecule has 1 N–H and O–H groups in total. The maximum Gasteiger partial charge on any atom is 0.251 e. The normalized spacial score (nSPS) is 11.1. The lowest BCUT2D eigenvalue weighted by Crippen LogP contribution is -2.38. The van der Waals surface area contributed by atoms with Crippen molar-refractivity contribution in [1.29, 1.82) is 0 Å². The van der Waals surface area contributed by atoms with Gasteiger partial charge >= 0.3 is 0 Å². The molecular formula is C17H19ClN2O3S. The molecule has 0 saturated carbocycles. The number of carbonyl (C=O) groups excluding carboxylic acids is 1. The summed E-state index contributed by atoms with van der Waals surface area (Å²) in [4.78, 5) is 12.0. The van der Waals surface area contributed by atoms with Gasteiger partial charge in [0.25, 0.3) is 5.91 Å². The molecule has 24 heavy (non-hydrogen) atoms. The first kappa shape index (κ1) is 18.3.